The highest BCUT2D eigenvalue weighted by Crippen LogP contribution is 2.28. The van der Waals surface area contributed by atoms with Crippen LogP contribution in [0.25, 0.3) is 22.3 Å². The number of fused-ring (bicyclic) bond motifs is 1. The van der Waals surface area contributed by atoms with Crippen LogP contribution >= 0.6 is 23.2 Å². The lowest BCUT2D eigenvalue weighted by molar-refractivity contribution is 0.916. The number of aromatic nitrogens is 3. The predicted molar refractivity (Wildman–Crippen MR) is 103 cm³/mol. The van der Waals surface area contributed by atoms with E-state index in [4.69, 9.17) is 28.2 Å². The van der Waals surface area contributed by atoms with Crippen molar-refractivity contribution in [2.24, 2.45) is 0 Å². The number of aromatic amines is 1. The first-order valence-corrected chi connectivity index (χ1v) is 8.78. The molecule has 0 fully saturated rings. The molecule has 5 heteroatoms. The van der Waals surface area contributed by atoms with Gasteiger partial charge in [-0.1, -0.05) is 41.4 Å². The van der Waals surface area contributed by atoms with Crippen LogP contribution in [-0.4, -0.2) is 15.0 Å². The van der Waals surface area contributed by atoms with E-state index in [-0.39, 0.29) is 0 Å². The van der Waals surface area contributed by atoms with Gasteiger partial charge in [-0.3, -0.25) is 4.98 Å². The highest BCUT2D eigenvalue weighted by atomic mass is 35.5. The minimum absolute atomic E-state index is 0.618. The molecule has 0 radical (unpaired) electrons. The lowest BCUT2D eigenvalue weighted by Crippen LogP contribution is -1.95. The Labute approximate surface area is 155 Å². The summed E-state index contributed by atoms with van der Waals surface area (Å²) >= 11 is 12.0. The average Bonchev–Trinajstić information content (AvgIpc) is 3.04. The second-order valence-electron chi connectivity index (χ2n) is 5.89. The normalized spacial score (nSPS) is 11.1. The minimum Gasteiger partial charge on any atom is -0.345 e. The molecule has 4 aromatic rings. The van der Waals surface area contributed by atoms with Gasteiger partial charge in [0.25, 0.3) is 0 Å². The Morgan fingerprint density at radius 1 is 0.920 bits per heavy atom. The zero-order chi connectivity index (χ0) is 17.2. The standard InChI is InChI=1S/C20H15Cl2N3/c21-14-7-4-13(5-8-14)6-9-16-2-1-3-19(25-16)18-12-24-20-17(18)10-15(22)11-23-20/h1-5,7-8,10-12H,6,9H2,(H,23,24). The van der Waals surface area contributed by atoms with E-state index in [2.05, 4.69) is 28.2 Å². The Kier molecular flexibility index (Phi) is 4.43. The fraction of sp³-hybridized carbons (Fsp3) is 0.100. The molecule has 3 nitrogen and oxygen atoms in total. The van der Waals surface area contributed by atoms with E-state index in [0.29, 0.717) is 5.02 Å². The maximum absolute atomic E-state index is 6.09. The fourth-order valence-electron chi connectivity index (χ4n) is 2.88. The van der Waals surface area contributed by atoms with Crippen molar-refractivity contribution in [3.8, 4) is 11.3 Å². The van der Waals surface area contributed by atoms with Crippen molar-refractivity contribution in [2.75, 3.05) is 0 Å². The molecule has 3 aromatic heterocycles. The largest absolute Gasteiger partial charge is 0.345 e. The van der Waals surface area contributed by atoms with Crippen LogP contribution < -0.4 is 0 Å². The summed E-state index contributed by atoms with van der Waals surface area (Å²) in [4.78, 5) is 12.3. The molecule has 0 aliphatic heterocycles. The Bertz CT molecular complexity index is 1020. The van der Waals surface area contributed by atoms with Crippen molar-refractivity contribution in [3.05, 3.63) is 82.2 Å². The van der Waals surface area contributed by atoms with E-state index < -0.39 is 0 Å². The summed E-state index contributed by atoms with van der Waals surface area (Å²) < 4.78 is 0. The lowest BCUT2D eigenvalue weighted by Gasteiger charge is -2.05. The van der Waals surface area contributed by atoms with Crippen LogP contribution in [0.3, 0.4) is 0 Å². The molecule has 0 spiro atoms. The number of hydrogen-bond donors (Lipinski definition) is 1. The lowest BCUT2D eigenvalue weighted by atomic mass is 10.1. The van der Waals surface area contributed by atoms with Gasteiger partial charge < -0.3 is 4.98 Å². The maximum Gasteiger partial charge on any atom is 0.138 e. The molecular weight excluding hydrogens is 353 g/mol. The third-order valence-electron chi connectivity index (χ3n) is 4.16. The van der Waals surface area contributed by atoms with Crippen LogP contribution in [0.4, 0.5) is 0 Å². The number of hydrogen-bond acceptors (Lipinski definition) is 2. The number of rotatable bonds is 4. The Morgan fingerprint density at radius 3 is 2.60 bits per heavy atom. The Hall–Kier alpha value is -2.36. The highest BCUT2D eigenvalue weighted by Gasteiger charge is 2.09. The van der Waals surface area contributed by atoms with Gasteiger partial charge in [-0.2, -0.15) is 0 Å². The van der Waals surface area contributed by atoms with E-state index in [1.165, 1.54) is 5.56 Å². The van der Waals surface area contributed by atoms with Crippen LogP contribution in [0, 0.1) is 0 Å². The summed E-state index contributed by atoms with van der Waals surface area (Å²) in [5.74, 6) is 0. The molecule has 3 heterocycles. The number of halogens is 2. The highest BCUT2D eigenvalue weighted by molar-refractivity contribution is 6.31. The second-order valence-corrected chi connectivity index (χ2v) is 6.77. The summed E-state index contributed by atoms with van der Waals surface area (Å²) in [5.41, 5.74) is 5.05. The van der Waals surface area contributed by atoms with Gasteiger partial charge in [0, 0.05) is 34.1 Å². The molecule has 4 rings (SSSR count). The van der Waals surface area contributed by atoms with Gasteiger partial charge in [0.2, 0.25) is 0 Å². The summed E-state index contributed by atoms with van der Waals surface area (Å²) in [6, 6.07) is 16.0. The second kappa shape index (κ2) is 6.87. The third kappa shape index (κ3) is 3.53. The van der Waals surface area contributed by atoms with Crippen molar-refractivity contribution < 1.29 is 0 Å². The quantitative estimate of drug-likeness (QED) is 0.501. The SMILES string of the molecule is Clc1ccc(CCc2cccc(-c3c[nH]c4ncc(Cl)cc34)n2)cc1. The summed E-state index contributed by atoms with van der Waals surface area (Å²) in [7, 11) is 0. The van der Waals surface area contributed by atoms with Crippen molar-refractivity contribution >= 4 is 34.2 Å². The van der Waals surface area contributed by atoms with Crippen molar-refractivity contribution in [1.29, 1.82) is 0 Å². The number of benzene rings is 1. The molecular formula is C20H15Cl2N3. The van der Waals surface area contributed by atoms with Crippen LogP contribution in [0.2, 0.25) is 10.0 Å². The van der Waals surface area contributed by atoms with Gasteiger partial charge in [-0.15, -0.1) is 0 Å². The van der Waals surface area contributed by atoms with E-state index in [0.717, 1.165) is 45.8 Å². The van der Waals surface area contributed by atoms with E-state index >= 15 is 0 Å². The van der Waals surface area contributed by atoms with Gasteiger partial charge in [0.05, 0.1) is 10.7 Å². The predicted octanol–water partition coefficient (Wildman–Crippen LogP) is 5.72. The molecule has 0 saturated carbocycles. The first kappa shape index (κ1) is 16.1. The van der Waals surface area contributed by atoms with E-state index in [1.54, 1.807) is 6.20 Å². The van der Waals surface area contributed by atoms with Gasteiger partial charge >= 0.3 is 0 Å². The van der Waals surface area contributed by atoms with E-state index in [9.17, 15) is 0 Å². The fourth-order valence-corrected chi connectivity index (χ4v) is 3.17. The van der Waals surface area contributed by atoms with Crippen LogP contribution in [0.1, 0.15) is 11.3 Å². The van der Waals surface area contributed by atoms with Gasteiger partial charge in [0.15, 0.2) is 0 Å². The molecule has 0 aliphatic carbocycles. The molecule has 0 atom stereocenters. The van der Waals surface area contributed by atoms with Crippen molar-refractivity contribution in [2.45, 2.75) is 12.8 Å². The summed E-state index contributed by atoms with van der Waals surface area (Å²) in [6.07, 6.45) is 5.37. The number of nitrogens with one attached hydrogen (secondary N) is 1. The molecule has 124 valence electrons. The molecule has 0 saturated heterocycles. The number of aryl methyl sites for hydroxylation is 2. The summed E-state index contributed by atoms with van der Waals surface area (Å²) in [5, 5.41) is 2.36. The third-order valence-corrected chi connectivity index (χ3v) is 4.62. The minimum atomic E-state index is 0.618. The first-order valence-electron chi connectivity index (χ1n) is 8.02. The Balaban J connectivity index is 1.60. The van der Waals surface area contributed by atoms with Crippen LogP contribution in [-0.2, 0) is 12.8 Å². The number of pyridine rings is 2. The average molecular weight is 368 g/mol. The molecule has 0 unspecified atom stereocenters. The van der Waals surface area contributed by atoms with Crippen LogP contribution in [0.5, 0.6) is 0 Å². The molecule has 0 bridgehead atoms. The van der Waals surface area contributed by atoms with Crippen LogP contribution in [0.15, 0.2) is 60.9 Å². The van der Waals surface area contributed by atoms with Crippen molar-refractivity contribution in [1.82, 2.24) is 15.0 Å². The molecule has 0 amide bonds. The van der Waals surface area contributed by atoms with Gasteiger partial charge in [-0.05, 0) is 48.7 Å². The molecule has 25 heavy (non-hydrogen) atoms. The number of nitrogens with zero attached hydrogens (tertiary/aromatic N) is 2. The molecule has 1 aromatic carbocycles. The smallest absolute Gasteiger partial charge is 0.138 e. The maximum atomic E-state index is 6.09. The molecule has 0 aliphatic rings. The zero-order valence-corrected chi connectivity index (χ0v) is 14.8. The Morgan fingerprint density at radius 2 is 1.76 bits per heavy atom. The van der Waals surface area contributed by atoms with Gasteiger partial charge in [0.1, 0.15) is 5.65 Å². The van der Waals surface area contributed by atoms with E-state index in [1.807, 2.05) is 36.5 Å². The first-order chi connectivity index (χ1) is 12.2. The zero-order valence-electron chi connectivity index (χ0n) is 13.3. The molecule has 1 N–H and O–H groups in total. The number of H-pyrrole nitrogens is 1. The van der Waals surface area contributed by atoms with Gasteiger partial charge in [-0.25, -0.2) is 4.98 Å². The monoisotopic (exact) mass is 367 g/mol. The van der Waals surface area contributed by atoms with Crippen molar-refractivity contribution in [3.63, 3.8) is 0 Å². The summed E-state index contributed by atoms with van der Waals surface area (Å²) in [6.45, 7) is 0. The topological polar surface area (TPSA) is 41.6 Å².